The van der Waals surface area contributed by atoms with Crippen molar-refractivity contribution in [3.05, 3.63) is 63.2 Å². The van der Waals surface area contributed by atoms with Gasteiger partial charge in [0.2, 0.25) is 0 Å². The van der Waals surface area contributed by atoms with E-state index in [2.05, 4.69) is 15.0 Å². The van der Waals surface area contributed by atoms with Gasteiger partial charge in [-0.1, -0.05) is 5.16 Å². The molecule has 0 amide bonds. The van der Waals surface area contributed by atoms with Crippen LogP contribution in [-0.4, -0.2) is 50.3 Å². The van der Waals surface area contributed by atoms with Crippen LogP contribution in [0, 0.1) is 12.7 Å². The molecule has 3 aromatic rings. The first-order valence-corrected chi connectivity index (χ1v) is 11.7. The van der Waals surface area contributed by atoms with Gasteiger partial charge < -0.3 is 14.5 Å². The number of halogens is 1. The van der Waals surface area contributed by atoms with Crippen LogP contribution >= 0.6 is 0 Å². The van der Waals surface area contributed by atoms with E-state index >= 15 is 0 Å². The highest BCUT2D eigenvalue weighted by molar-refractivity contribution is 5.86. The predicted octanol–water partition coefficient (Wildman–Crippen LogP) is 3.52. The van der Waals surface area contributed by atoms with Gasteiger partial charge in [0.15, 0.2) is 5.58 Å². The quantitative estimate of drug-likeness (QED) is 0.574. The van der Waals surface area contributed by atoms with E-state index in [9.17, 15) is 19.1 Å². The Labute approximate surface area is 195 Å². The molecule has 178 valence electrons. The van der Waals surface area contributed by atoms with Gasteiger partial charge in [0.1, 0.15) is 11.6 Å². The summed E-state index contributed by atoms with van der Waals surface area (Å²) < 4.78 is 20.3. The number of nitrogens with zero attached hydrogens (tertiary/aromatic N) is 4. The largest absolute Gasteiger partial charge is 0.478 e. The summed E-state index contributed by atoms with van der Waals surface area (Å²) in [5.74, 6) is -0.488. The van der Waals surface area contributed by atoms with Gasteiger partial charge in [0.05, 0.1) is 5.69 Å². The molecule has 5 rings (SSSR count). The summed E-state index contributed by atoms with van der Waals surface area (Å²) in [5, 5.41) is 14.3. The van der Waals surface area contributed by atoms with Crippen molar-refractivity contribution in [2.75, 3.05) is 19.6 Å². The molecule has 9 heteroatoms. The van der Waals surface area contributed by atoms with E-state index in [1.54, 1.807) is 6.07 Å². The molecule has 1 fully saturated rings. The first kappa shape index (κ1) is 22.5. The number of carboxylic acid groups (broad SMARTS) is 1. The summed E-state index contributed by atoms with van der Waals surface area (Å²) in [7, 11) is 0. The zero-order valence-electron chi connectivity index (χ0n) is 19.1. The third kappa shape index (κ3) is 4.27. The van der Waals surface area contributed by atoms with Crippen molar-refractivity contribution in [1.82, 2.24) is 19.6 Å². The third-order valence-corrected chi connectivity index (χ3v) is 6.98. The molecular formula is C25H27FN4O4. The van der Waals surface area contributed by atoms with Crippen LogP contribution in [0.5, 0.6) is 0 Å². The number of carboxylic acids is 1. The topological polar surface area (TPSA) is 101 Å². The summed E-state index contributed by atoms with van der Waals surface area (Å²) >= 11 is 0. The minimum absolute atomic E-state index is 0.147. The Morgan fingerprint density at radius 1 is 1.29 bits per heavy atom. The molecule has 34 heavy (non-hydrogen) atoms. The molecule has 0 atom stereocenters. The SMILES string of the molecule is Cc1nc2n(c(=O)c1CCN1CCC(c3noc4cc(F)ccc34)CC1)/C(=C/C(=O)O)CCC2. The number of fused-ring (bicyclic) bond motifs is 2. The molecule has 1 saturated heterocycles. The lowest BCUT2D eigenvalue weighted by atomic mass is 9.91. The maximum atomic E-state index is 13.4. The Morgan fingerprint density at radius 2 is 2.09 bits per heavy atom. The van der Waals surface area contributed by atoms with E-state index in [-0.39, 0.29) is 17.3 Å². The van der Waals surface area contributed by atoms with Crippen molar-refractivity contribution in [3.8, 4) is 0 Å². The Morgan fingerprint density at radius 3 is 2.85 bits per heavy atom. The minimum atomic E-state index is -1.05. The fraction of sp³-hybridized carbons (Fsp3) is 0.440. The lowest BCUT2D eigenvalue weighted by Crippen LogP contribution is -2.37. The summed E-state index contributed by atoms with van der Waals surface area (Å²) in [6.07, 6.45) is 5.52. The van der Waals surface area contributed by atoms with Crippen molar-refractivity contribution in [3.63, 3.8) is 0 Å². The molecule has 0 spiro atoms. The van der Waals surface area contributed by atoms with E-state index in [0.717, 1.165) is 61.7 Å². The van der Waals surface area contributed by atoms with Gasteiger partial charge in [-0.2, -0.15) is 0 Å². The van der Waals surface area contributed by atoms with E-state index in [1.807, 2.05) is 6.92 Å². The zero-order valence-corrected chi connectivity index (χ0v) is 19.1. The van der Waals surface area contributed by atoms with Crippen LogP contribution in [0.4, 0.5) is 4.39 Å². The molecule has 2 aromatic heterocycles. The molecule has 8 nitrogen and oxygen atoms in total. The molecule has 0 unspecified atom stereocenters. The highest BCUT2D eigenvalue weighted by Gasteiger charge is 2.26. The van der Waals surface area contributed by atoms with E-state index in [0.29, 0.717) is 41.9 Å². The molecule has 2 aliphatic rings. The van der Waals surface area contributed by atoms with Gasteiger partial charge in [-0.3, -0.25) is 9.36 Å². The summed E-state index contributed by atoms with van der Waals surface area (Å²) in [4.78, 5) is 31.5. The summed E-state index contributed by atoms with van der Waals surface area (Å²) in [5.41, 5.74) is 3.10. The molecule has 1 aromatic carbocycles. The molecule has 0 aliphatic carbocycles. The van der Waals surface area contributed by atoms with Crippen molar-refractivity contribution >= 4 is 22.6 Å². The Bertz CT molecular complexity index is 1330. The number of aryl methyl sites for hydroxylation is 2. The number of aromatic nitrogens is 3. The fourth-order valence-electron chi connectivity index (χ4n) is 5.21. The molecule has 1 N–H and O–H groups in total. The summed E-state index contributed by atoms with van der Waals surface area (Å²) in [6, 6.07) is 4.53. The molecule has 4 heterocycles. The second kappa shape index (κ2) is 9.13. The average molecular weight is 467 g/mol. The predicted molar refractivity (Wildman–Crippen MR) is 124 cm³/mol. The first-order valence-electron chi connectivity index (χ1n) is 11.7. The zero-order chi connectivity index (χ0) is 23.8. The second-order valence-electron chi connectivity index (χ2n) is 9.13. The van der Waals surface area contributed by atoms with Crippen LogP contribution in [0.25, 0.3) is 16.7 Å². The van der Waals surface area contributed by atoms with Gasteiger partial charge in [-0.25, -0.2) is 14.2 Å². The number of likely N-dealkylation sites (tertiary alicyclic amines) is 1. The second-order valence-corrected chi connectivity index (χ2v) is 9.13. The molecule has 2 aliphatic heterocycles. The van der Waals surface area contributed by atoms with Crippen LogP contribution in [0.15, 0.2) is 33.6 Å². The van der Waals surface area contributed by atoms with Crippen molar-refractivity contribution < 1.29 is 18.8 Å². The molecular weight excluding hydrogens is 439 g/mol. The number of hydrogen-bond acceptors (Lipinski definition) is 6. The Kier molecular flexibility index (Phi) is 6.03. The number of piperidine rings is 1. The fourth-order valence-corrected chi connectivity index (χ4v) is 5.21. The highest BCUT2D eigenvalue weighted by atomic mass is 19.1. The van der Waals surface area contributed by atoms with Gasteiger partial charge in [0.25, 0.3) is 5.56 Å². The van der Waals surface area contributed by atoms with Gasteiger partial charge >= 0.3 is 5.97 Å². The third-order valence-electron chi connectivity index (χ3n) is 6.98. The molecule has 0 bridgehead atoms. The van der Waals surface area contributed by atoms with E-state index in [4.69, 9.17) is 4.52 Å². The number of hydrogen-bond donors (Lipinski definition) is 1. The van der Waals surface area contributed by atoms with Crippen molar-refractivity contribution in [2.45, 2.75) is 51.4 Å². The minimum Gasteiger partial charge on any atom is -0.478 e. The first-order chi connectivity index (χ1) is 16.4. The smallest absolute Gasteiger partial charge is 0.330 e. The van der Waals surface area contributed by atoms with Crippen LogP contribution in [0.2, 0.25) is 0 Å². The maximum absolute atomic E-state index is 13.4. The Balaban J connectivity index is 1.27. The van der Waals surface area contributed by atoms with Crippen LogP contribution in [-0.2, 0) is 17.6 Å². The van der Waals surface area contributed by atoms with Crippen molar-refractivity contribution in [2.24, 2.45) is 0 Å². The number of carbonyl (C=O) groups is 1. The van der Waals surface area contributed by atoms with E-state index in [1.165, 1.54) is 16.7 Å². The lowest BCUT2D eigenvalue weighted by Gasteiger charge is -2.31. The number of benzene rings is 1. The molecule has 0 saturated carbocycles. The standard InChI is InChI=1S/C25H27FN4O4/c1-15-19(25(33)30-18(14-23(31)32)3-2-4-22(30)27-15)9-12-29-10-7-16(8-11-29)24-20-6-5-17(26)13-21(20)34-28-24/h5-6,13-14,16H,2-4,7-12H2,1H3,(H,31,32)/b18-14+. The highest BCUT2D eigenvalue weighted by Crippen LogP contribution is 2.33. The maximum Gasteiger partial charge on any atom is 0.330 e. The Hall–Kier alpha value is -3.33. The lowest BCUT2D eigenvalue weighted by molar-refractivity contribution is -0.131. The number of allylic oxidation sites excluding steroid dienone is 1. The average Bonchev–Trinajstić information content (AvgIpc) is 3.22. The van der Waals surface area contributed by atoms with Gasteiger partial charge in [-0.15, -0.1) is 0 Å². The van der Waals surface area contributed by atoms with Crippen LogP contribution in [0.1, 0.15) is 54.4 Å². The van der Waals surface area contributed by atoms with Crippen LogP contribution in [0.3, 0.4) is 0 Å². The molecule has 0 radical (unpaired) electrons. The summed E-state index contributed by atoms with van der Waals surface area (Å²) in [6.45, 7) is 4.32. The number of rotatable bonds is 5. The van der Waals surface area contributed by atoms with Gasteiger partial charge in [0, 0.05) is 53.4 Å². The number of aliphatic carboxylic acids is 1. The van der Waals surface area contributed by atoms with Crippen molar-refractivity contribution in [1.29, 1.82) is 0 Å². The van der Waals surface area contributed by atoms with E-state index < -0.39 is 5.97 Å². The van der Waals surface area contributed by atoms with Crippen LogP contribution < -0.4 is 5.56 Å². The monoisotopic (exact) mass is 466 g/mol. The normalized spacial score (nSPS) is 18.5. The van der Waals surface area contributed by atoms with Gasteiger partial charge in [-0.05, 0) is 64.3 Å².